The zero-order chi connectivity index (χ0) is 15.7. The number of allylic oxidation sites excluding steroid dienone is 3. The van der Waals surface area contributed by atoms with Gasteiger partial charge in [-0.3, -0.25) is 4.79 Å². The topological polar surface area (TPSA) is 57.5 Å². The third-order valence-corrected chi connectivity index (χ3v) is 7.67. The lowest BCUT2D eigenvalue weighted by Gasteiger charge is -2.56. The summed E-state index contributed by atoms with van der Waals surface area (Å²) in [7, 11) is 0. The number of rotatable bonds is 0. The highest BCUT2D eigenvalue weighted by molar-refractivity contribution is 6.01. The van der Waals surface area contributed by atoms with Crippen LogP contribution in [0, 0.1) is 28.6 Å². The highest BCUT2D eigenvalue weighted by atomic mass is 16.3. The molecular weight excluding hydrogens is 276 g/mol. The number of fused-ring (bicyclic) bond motifs is 5. The van der Waals surface area contributed by atoms with Crippen LogP contribution in [-0.4, -0.2) is 22.1 Å². The second-order valence-electron chi connectivity index (χ2n) is 8.36. The Balaban J connectivity index is 1.74. The second-order valence-corrected chi connectivity index (χ2v) is 8.36. The molecule has 3 saturated carbocycles. The van der Waals surface area contributed by atoms with Crippen molar-refractivity contribution in [2.24, 2.45) is 28.6 Å². The lowest BCUT2D eigenvalue weighted by molar-refractivity contribution is -0.111. The Morgan fingerprint density at radius 2 is 1.86 bits per heavy atom. The van der Waals surface area contributed by atoms with Crippen molar-refractivity contribution < 1.29 is 15.0 Å². The molecule has 0 heterocycles. The van der Waals surface area contributed by atoms with E-state index >= 15 is 0 Å². The van der Waals surface area contributed by atoms with Gasteiger partial charge in [0.15, 0.2) is 5.78 Å². The van der Waals surface area contributed by atoms with Gasteiger partial charge in [0.05, 0.1) is 6.10 Å². The second kappa shape index (κ2) is 4.47. The summed E-state index contributed by atoms with van der Waals surface area (Å²) in [5, 5.41) is 21.0. The molecule has 0 aliphatic heterocycles. The molecule has 0 bridgehead atoms. The fourth-order valence-corrected chi connectivity index (χ4v) is 6.27. The summed E-state index contributed by atoms with van der Waals surface area (Å²) >= 11 is 0. The first-order valence-corrected chi connectivity index (χ1v) is 8.71. The van der Waals surface area contributed by atoms with Crippen molar-refractivity contribution in [1.82, 2.24) is 0 Å². The Hall–Kier alpha value is -1.09. The summed E-state index contributed by atoms with van der Waals surface area (Å²) in [6.07, 6.45) is 9.11. The molecule has 6 atom stereocenters. The fourth-order valence-electron chi connectivity index (χ4n) is 6.27. The average Bonchev–Trinajstić information content (AvgIpc) is 2.77. The molecule has 0 amide bonds. The van der Waals surface area contributed by atoms with Crippen molar-refractivity contribution in [3.63, 3.8) is 0 Å². The van der Waals surface area contributed by atoms with E-state index in [1.165, 1.54) is 6.08 Å². The fraction of sp³-hybridized carbons (Fsp3) is 0.737. The first-order valence-electron chi connectivity index (χ1n) is 8.71. The van der Waals surface area contributed by atoms with E-state index in [2.05, 4.69) is 13.8 Å². The number of carbonyl (C=O) groups excluding carboxylic acids is 1. The van der Waals surface area contributed by atoms with E-state index in [0.29, 0.717) is 17.8 Å². The van der Waals surface area contributed by atoms with Crippen LogP contribution in [0.4, 0.5) is 0 Å². The van der Waals surface area contributed by atoms with Gasteiger partial charge in [-0.05, 0) is 74.7 Å². The minimum atomic E-state index is -0.355. The van der Waals surface area contributed by atoms with Crippen molar-refractivity contribution >= 4 is 5.78 Å². The maximum absolute atomic E-state index is 11.8. The van der Waals surface area contributed by atoms with Crippen LogP contribution in [0.15, 0.2) is 23.5 Å². The number of aliphatic hydroxyl groups is 2. The van der Waals surface area contributed by atoms with Crippen molar-refractivity contribution in [3.05, 3.63) is 23.5 Å². The van der Waals surface area contributed by atoms with E-state index < -0.39 is 0 Å². The summed E-state index contributed by atoms with van der Waals surface area (Å²) in [5.41, 5.74) is 0.828. The number of carbonyl (C=O) groups is 1. The van der Waals surface area contributed by atoms with E-state index in [9.17, 15) is 15.0 Å². The highest BCUT2D eigenvalue weighted by Crippen LogP contribution is 2.65. The molecule has 3 nitrogen and oxygen atoms in total. The Labute approximate surface area is 132 Å². The monoisotopic (exact) mass is 302 g/mol. The van der Waals surface area contributed by atoms with Crippen molar-refractivity contribution in [1.29, 1.82) is 0 Å². The molecule has 0 aromatic heterocycles. The van der Waals surface area contributed by atoms with Gasteiger partial charge >= 0.3 is 0 Å². The van der Waals surface area contributed by atoms with Crippen LogP contribution in [0.25, 0.3) is 0 Å². The van der Waals surface area contributed by atoms with Crippen LogP contribution >= 0.6 is 0 Å². The number of hydrogen-bond donors (Lipinski definition) is 2. The zero-order valence-corrected chi connectivity index (χ0v) is 13.5. The lowest BCUT2D eigenvalue weighted by atomic mass is 9.48. The van der Waals surface area contributed by atoms with Gasteiger partial charge in [-0.1, -0.05) is 12.5 Å². The third kappa shape index (κ3) is 1.63. The molecule has 0 unspecified atom stereocenters. The van der Waals surface area contributed by atoms with Gasteiger partial charge in [-0.25, -0.2) is 0 Å². The average molecular weight is 302 g/mol. The minimum Gasteiger partial charge on any atom is -0.511 e. The van der Waals surface area contributed by atoms with Gasteiger partial charge in [0.1, 0.15) is 5.76 Å². The minimum absolute atomic E-state index is 0.0581. The van der Waals surface area contributed by atoms with Crippen molar-refractivity contribution in [2.45, 2.75) is 58.5 Å². The molecule has 0 saturated heterocycles. The van der Waals surface area contributed by atoms with Gasteiger partial charge in [-0.2, -0.15) is 0 Å². The predicted molar refractivity (Wildman–Crippen MR) is 84.2 cm³/mol. The first kappa shape index (κ1) is 14.5. The Morgan fingerprint density at radius 3 is 2.64 bits per heavy atom. The molecule has 22 heavy (non-hydrogen) atoms. The largest absolute Gasteiger partial charge is 0.511 e. The molecule has 4 aliphatic rings. The first-order chi connectivity index (χ1) is 10.4. The van der Waals surface area contributed by atoms with E-state index in [1.54, 1.807) is 6.08 Å². The zero-order valence-electron chi connectivity index (χ0n) is 13.5. The highest BCUT2D eigenvalue weighted by Gasteiger charge is 2.59. The van der Waals surface area contributed by atoms with E-state index in [-0.39, 0.29) is 28.5 Å². The van der Waals surface area contributed by atoms with E-state index in [4.69, 9.17) is 0 Å². The summed E-state index contributed by atoms with van der Waals surface area (Å²) in [5.74, 6) is 1.72. The Morgan fingerprint density at radius 1 is 1.09 bits per heavy atom. The molecule has 3 fully saturated rings. The standard InChI is InChI=1S/C19H26O3/c1-18-8-7-15-13(14(18)5-6-16(18)21)4-3-11-9-12(20)10-17(22)19(11,15)2/h9-10,13-16,21-22H,3-8H2,1-2H3/t13-,14-,15-,16-,18-,19-/m0/s1. The van der Waals surface area contributed by atoms with Gasteiger partial charge in [0, 0.05) is 11.5 Å². The number of aliphatic hydroxyl groups excluding tert-OH is 2. The summed E-state index contributed by atoms with van der Waals surface area (Å²) < 4.78 is 0. The number of ketones is 1. The molecule has 0 spiro atoms. The van der Waals surface area contributed by atoms with Crippen LogP contribution in [-0.2, 0) is 4.79 Å². The van der Waals surface area contributed by atoms with Gasteiger partial charge in [0.25, 0.3) is 0 Å². The van der Waals surface area contributed by atoms with Crippen molar-refractivity contribution in [3.8, 4) is 0 Å². The van der Waals surface area contributed by atoms with Crippen LogP contribution in [0.3, 0.4) is 0 Å². The molecule has 0 aromatic rings. The van der Waals surface area contributed by atoms with Crippen LogP contribution < -0.4 is 0 Å². The smallest absolute Gasteiger partial charge is 0.181 e. The normalized spacial score (nSPS) is 50.6. The summed E-state index contributed by atoms with van der Waals surface area (Å²) in [4.78, 5) is 11.8. The Kier molecular flexibility index (Phi) is 2.95. The predicted octanol–water partition coefficient (Wildman–Crippen LogP) is 3.54. The quantitative estimate of drug-likeness (QED) is 0.719. The SMILES string of the molecule is C[C@]12C(O)=CC(=O)C=C1CC[C@@H]1[C@@H]2CC[C@]2(C)[C@@H](O)CC[C@@H]12. The van der Waals surface area contributed by atoms with Crippen LogP contribution in [0.5, 0.6) is 0 Å². The van der Waals surface area contributed by atoms with Crippen LogP contribution in [0.1, 0.15) is 52.4 Å². The molecule has 120 valence electrons. The number of hydrogen-bond acceptors (Lipinski definition) is 3. The molecule has 0 radical (unpaired) electrons. The molecular formula is C19H26O3. The molecule has 4 rings (SSSR count). The molecule has 3 heteroatoms. The summed E-state index contributed by atoms with van der Waals surface area (Å²) in [6.45, 7) is 4.39. The Bertz CT molecular complexity index is 589. The summed E-state index contributed by atoms with van der Waals surface area (Å²) in [6, 6.07) is 0. The maximum atomic E-state index is 11.8. The van der Waals surface area contributed by atoms with Gasteiger partial charge in [-0.15, -0.1) is 0 Å². The molecule has 4 aliphatic carbocycles. The maximum Gasteiger partial charge on any atom is 0.181 e. The van der Waals surface area contributed by atoms with E-state index in [0.717, 1.165) is 44.1 Å². The lowest BCUT2D eigenvalue weighted by Crippen LogP contribution is -2.51. The third-order valence-electron chi connectivity index (χ3n) is 7.67. The van der Waals surface area contributed by atoms with Crippen molar-refractivity contribution in [2.75, 3.05) is 0 Å². The molecule has 0 aromatic carbocycles. The van der Waals surface area contributed by atoms with E-state index in [1.807, 2.05) is 0 Å². The molecule has 2 N–H and O–H groups in total. The van der Waals surface area contributed by atoms with Gasteiger partial charge in [0.2, 0.25) is 0 Å². The van der Waals surface area contributed by atoms with Crippen LogP contribution in [0.2, 0.25) is 0 Å². The van der Waals surface area contributed by atoms with Gasteiger partial charge < -0.3 is 10.2 Å².